The van der Waals surface area contributed by atoms with Gasteiger partial charge in [0.15, 0.2) is 11.5 Å². The van der Waals surface area contributed by atoms with Crippen molar-refractivity contribution in [2.45, 2.75) is 18.6 Å². The third kappa shape index (κ3) is 3.27. The molecule has 144 valence electrons. The van der Waals surface area contributed by atoms with Crippen LogP contribution in [0.3, 0.4) is 0 Å². The van der Waals surface area contributed by atoms with Gasteiger partial charge in [-0.15, -0.1) is 0 Å². The molecule has 1 saturated heterocycles. The molecule has 1 aromatic heterocycles. The second kappa shape index (κ2) is 7.33. The summed E-state index contributed by atoms with van der Waals surface area (Å²) in [5.74, 6) is 1.34. The summed E-state index contributed by atoms with van der Waals surface area (Å²) in [6, 6.07) is 11.8. The Morgan fingerprint density at radius 3 is 3.07 bits per heavy atom. The monoisotopic (exact) mass is 398 g/mol. The van der Waals surface area contributed by atoms with Crippen molar-refractivity contribution < 1.29 is 14.2 Å². The van der Waals surface area contributed by atoms with Gasteiger partial charge in [0.2, 0.25) is 6.79 Å². The lowest BCUT2D eigenvalue weighted by atomic mass is 10.0. The molecule has 0 amide bonds. The first kappa shape index (κ1) is 17.3. The number of ether oxygens (including phenoxy) is 3. The molecule has 0 bridgehead atoms. The van der Waals surface area contributed by atoms with Gasteiger partial charge in [-0.3, -0.25) is 0 Å². The fraction of sp³-hybridized carbons (Fsp3) is 0.300. The molecule has 0 saturated carbocycles. The molecule has 2 N–H and O–H groups in total. The molecule has 2 aliphatic rings. The lowest BCUT2D eigenvalue weighted by Crippen LogP contribution is -2.51. The van der Waals surface area contributed by atoms with Crippen LogP contribution in [0.15, 0.2) is 42.6 Å². The van der Waals surface area contributed by atoms with Crippen molar-refractivity contribution in [3.05, 3.63) is 47.6 Å². The first-order valence-electron chi connectivity index (χ1n) is 9.22. The maximum absolute atomic E-state index is 6.42. The number of anilines is 1. The van der Waals surface area contributed by atoms with Crippen molar-refractivity contribution in [3.8, 4) is 17.5 Å². The number of halogens is 1. The van der Waals surface area contributed by atoms with Crippen LogP contribution in [0.1, 0.15) is 6.42 Å². The van der Waals surface area contributed by atoms with Gasteiger partial charge in [0.1, 0.15) is 11.8 Å². The molecule has 28 heavy (non-hydrogen) atoms. The van der Waals surface area contributed by atoms with Crippen molar-refractivity contribution in [3.63, 3.8) is 0 Å². The fourth-order valence-corrected chi connectivity index (χ4v) is 3.74. The number of para-hydroxylation sites is 1. The third-order valence-corrected chi connectivity index (χ3v) is 5.28. The predicted molar refractivity (Wildman–Crippen MR) is 106 cm³/mol. The van der Waals surface area contributed by atoms with E-state index in [4.69, 9.17) is 25.8 Å². The Morgan fingerprint density at radius 1 is 1.18 bits per heavy atom. The van der Waals surface area contributed by atoms with Crippen molar-refractivity contribution in [1.29, 1.82) is 0 Å². The highest BCUT2D eigenvalue weighted by molar-refractivity contribution is 6.33. The minimum absolute atomic E-state index is 0.0181. The second-order valence-corrected chi connectivity index (χ2v) is 7.17. The number of hydrogen-bond donors (Lipinski definition) is 2. The van der Waals surface area contributed by atoms with E-state index >= 15 is 0 Å². The first-order valence-corrected chi connectivity index (χ1v) is 9.59. The molecule has 7 nitrogen and oxygen atoms in total. The summed E-state index contributed by atoms with van der Waals surface area (Å²) in [6.45, 7) is 1.75. The zero-order valence-corrected chi connectivity index (χ0v) is 15.8. The van der Waals surface area contributed by atoms with E-state index in [1.807, 2.05) is 30.3 Å². The summed E-state index contributed by atoms with van der Waals surface area (Å²) in [4.78, 5) is 8.88. The normalized spacial score (nSPS) is 20.9. The minimum Gasteiger partial charge on any atom is -0.457 e. The van der Waals surface area contributed by atoms with E-state index in [0.717, 1.165) is 29.6 Å². The lowest BCUT2D eigenvalue weighted by Gasteiger charge is -2.33. The van der Waals surface area contributed by atoms with Gasteiger partial charge in [0, 0.05) is 18.1 Å². The van der Waals surface area contributed by atoms with E-state index in [0.29, 0.717) is 29.1 Å². The van der Waals surface area contributed by atoms with Crippen LogP contribution in [0, 0.1) is 0 Å². The van der Waals surface area contributed by atoms with E-state index < -0.39 is 0 Å². The fourth-order valence-electron chi connectivity index (χ4n) is 3.53. The van der Waals surface area contributed by atoms with Crippen molar-refractivity contribution in [1.82, 2.24) is 15.3 Å². The average molecular weight is 399 g/mol. The van der Waals surface area contributed by atoms with Gasteiger partial charge in [0.25, 0.3) is 0 Å². The molecular weight excluding hydrogens is 380 g/mol. The molecule has 3 heterocycles. The molecule has 2 unspecified atom stereocenters. The number of hydrogen-bond acceptors (Lipinski definition) is 7. The van der Waals surface area contributed by atoms with E-state index in [1.54, 1.807) is 12.3 Å². The molecular formula is C20H19ClN4O3. The van der Waals surface area contributed by atoms with Crippen LogP contribution in [0.5, 0.6) is 17.5 Å². The van der Waals surface area contributed by atoms with Crippen LogP contribution in [0.4, 0.5) is 5.69 Å². The molecule has 0 radical (unpaired) electrons. The Hall–Kier alpha value is -2.77. The SMILES string of the molecule is Clc1ccc2c(c1NC1CCNCC1Oc1ncc3ccccc3n1)OCO2. The van der Waals surface area contributed by atoms with Gasteiger partial charge in [0.05, 0.1) is 16.6 Å². The number of fused-ring (bicyclic) bond motifs is 2. The molecule has 8 heteroatoms. The topological polar surface area (TPSA) is 77.5 Å². The molecule has 3 aromatic rings. The molecule has 0 aliphatic carbocycles. The maximum Gasteiger partial charge on any atom is 0.317 e. The molecule has 2 atom stereocenters. The number of benzene rings is 2. The first-order chi connectivity index (χ1) is 13.8. The number of piperidine rings is 1. The predicted octanol–water partition coefficient (Wildman–Crippen LogP) is 3.23. The summed E-state index contributed by atoms with van der Waals surface area (Å²) in [7, 11) is 0. The largest absolute Gasteiger partial charge is 0.457 e. The standard InChI is InChI=1S/C20H19ClN4O3/c21-13-5-6-16-19(27-11-26-16)18(13)24-15-7-8-22-10-17(15)28-20-23-9-12-3-1-2-4-14(12)25-20/h1-6,9,15,17,22,24H,7-8,10-11H2. The Morgan fingerprint density at radius 2 is 2.11 bits per heavy atom. The van der Waals surface area contributed by atoms with Crippen LogP contribution in [-0.4, -0.2) is 42.0 Å². The Labute approximate surface area is 167 Å². The zero-order valence-electron chi connectivity index (χ0n) is 15.0. The van der Waals surface area contributed by atoms with Crippen LogP contribution in [0.25, 0.3) is 10.9 Å². The average Bonchev–Trinajstić information content (AvgIpc) is 3.20. The number of rotatable bonds is 4. The Kier molecular flexibility index (Phi) is 4.54. The highest BCUT2D eigenvalue weighted by atomic mass is 35.5. The van der Waals surface area contributed by atoms with Gasteiger partial charge in [-0.25, -0.2) is 4.98 Å². The van der Waals surface area contributed by atoms with Gasteiger partial charge >= 0.3 is 6.01 Å². The Balaban J connectivity index is 1.39. The highest BCUT2D eigenvalue weighted by Crippen LogP contribution is 2.44. The van der Waals surface area contributed by atoms with Crippen LogP contribution >= 0.6 is 11.6 Å². The molecule has 1 fully saturated rings. The van der Waals surface area contributed by atoms with Crippen molar-refractivity contribution in [2.24, 2.45) is 0 Å². The number of aromatic nitrogens is 2. The Bertz CT molecular complexity index is 1020. The van der Waals surface area contributed by atoms with E-state index in [-0.39, 0.29) is 18.9 Å². The smallest absolute Gasteiger partial charge is 0.317 e. The quantitative estimate of drug-likeness (QED) is 0.698. The summed E-state index contributed by atoms with van der Waals surface area (Å²) < 4.78 is 17.2. The van der Waals surface area contributed by atoms with Gasteiger partial charge in [-0.05, 0) is 31.2 Å². The number of nitrogens with zero attached hydrogens (tertiary/aromatic N) is 2. The van der Waals surface area contributed by atoms with Crippen LogP contribution in [0.2, 0.25) is 5.02 Å². The van der Waals surface area contributed by atoms with Gasteiger partial charge < -0.3 is 24.8 Å². The summed E-state index contributed by atoms with van der Waals surface area (Å²) >= 11 is 6.42. The van der Waals surface area contributed by atoms with Crippen LogP contribution in [-0.2, 0) is 0 Å². The van der Waals surface area contributed by atoms with E-state index in [1.165, 1.54) is 0 Å². The van der Waals surface area contributed by atoms with E-state index in [2.05, 4.69) is 20.6 Å². The van der Waals surface area contributed by atoms with Gasteiger partial charge in [-0.2, -0.15) is 4.98 Å². The third-order valence-electron chi connectivity index (χ3n) is 4.97. The second-order valence-electron chi connectivity index (χ2n) is 6.77. The molecule has 0 spiro atoms. The lowest BCUT2D eigenvalue weighted by molar-refractivity contribution is 0.140. The van der Waals surface area contributed by atoms with Crippen molar-refractivity contribution in [2.75, 3.05) is 25.2 Å². The minimum atomic E-state index is -0.163. The summed E-state index contributed by atoms with van der Waals surface area (Å²) in [6.07, 6.45) is 2.48. The highest BCUT2D eigenvalue weighted by Gasteiger charge is 2.30. The zero-order chi connectivity index (χ0) is 18.9. The molecule has 5 rings (SSSR count). The van der Waals surface area contributed by atoms with E-state index in [9.17, 15) is 0 Å². The van der Waals surface area contributed by atoms with Crippen LogP contribution < -0.4 is 24.8 Å². The molecule has 2 aliphatic heterocycles. The maximum atomic E-state index is 6.42. The summed E-state index contributed by atoms with van der Waals surface area (Å²) in [5.41, 5.74) is 1.59. The molecule has 2 aromatic carbocycles. The summed E-state index contributed by atoms with van der Waals surface area (Å²) in [5, 5.41) is 8.43. The van der Waals surface area contributed by atoms with Crippen molar-refractivity contribution >= 4 is 28.2 Å². The van der Waals surface area contributed by atoms with Gasteiger partial charge in [-0.1, -0.05) is 29.8 Å². The number of nitrogens with one attached hydrogen (secondary N) is 2.